The summed E-state index contributed by atoms with van der Waals surface area (Å²) in [5, 5.41) is 6.14. The van der Waals surface area contributed by atoms with E-state index in [9.17, 15) is 0 Å². The van der Waals surface area contributed by atoms with Gasteiger partial charge in [0.15, 0.2) is 0 Å². The molecule has 0 spiro atoms. The summed E-state index contributed by atoms with van der Waals surface area (Å²) in [6.07, 6.45) is 1.06. The maximum Gasteiger partial charge on any atom is 0.0401 e. The molecule has 0 heterocycles. The minimum atomic E-state index is 0.863. The summed E-state index contributed by atoms with van der Waals surface area (Å²) in [5.41, 5.74) is 3.92. The highest BCUT2D eigenvalue weighted by Crippen LogP contribution is 2.19. The summed E-state index contributed by atoms with van der Waals surface area (Å²) in [6, 6.07) is 23.7. The van der Waals surface area contributed by atoms with Crippen molar-refractivity contribution < 1.29 is 0 Å². The van der Waals surface area contributed by atoms with E-state index in [1.54, 1.807) is 0 Å². The fraction of sp³-hybridized carbons (Fsp3) is 0.158. The third-order valence-corrected chi connectivity index (χ3v) is 3.70. The third kappa shape index (κ3) is 2.67. The summed E-state index contributed by atoms with van der Waals surface area (Å²) in [7, 11) is 0. The molecule has 1 N–H and O–H groups in total. The van der Waals surface area contributed by atoms with Crippen LogP contribution in [0, 0.1) is 0 Å². The van der Waals surface area contributed by atoms with E-state index in [0.717, 1.165) is 13.0 Å². The molecule has 0 amide bonds. The lowest BCUT2D eigenvalue weighted by molar-refractivity contribution is 1.09. The van der Waals surface area contributed by atoms with Crippen molar-refractivity contribution in [2.24, 2.45) is 0 Å². The van der Waals surface area contributed by atoms with Crippen LogP contribution in [0.4, 0.5) is 5.69 Å². The zero-order chi connectivity index (χ0) is 13.8. The number of fused-ring (bicyclic) bond motifs is 1. The van der Waals surface area contributed by atoms with Crippen molar-refractivity contribution in [2.75, 3.05) is 5.32 Å². The van der Waals surface area contributed by atoms with Gasteiger partial charge in [-0.05, 0) is 40.5 Å². The van der Waals surface area contributed by atoms with E-state index in [4.69, 9.17) is 0 Å². The Morgan fingerprint density at radius 1 is 0.800 bits per heavy atom. The molecule has 3 aromatic carbocycles. The van der Waals surface area contributed by atoms with E-state index in [1.165, 1.54) is 27.6 Å². The van der Waals surface area contributed by atoms with Gasteiger partial charge in [0.1, 0.15) is 0 Å². The molecule has 1 nitrogen and oxygen atoms in total. The molecule has 1 heteroatoms. The van der Waals surface area contributed by atoms with Crippen molar-refractivity contribution in [1.29, 1.82) is 0 Å². The minimum absolute atomic E-state index is 0.863. The van der Waals surface area contributed by atoms with E-state index in [0.29, 0.717) is 0 Å². The quantitative estimate of drug-likeness (QED) is 0.695. The molecule has 0 unspecified atom stereocenters. The Balaban J connectivity index is 1.79. The van der Waals surface area contributed by atoms with Gasteiger partial charge in [0, 0.05) is 12.2 Å². The maximum atomic E-state index is 3.55. The van der Waals surface area contributed by atoms with Gasteiger partial charge in [0.2, 0.25) is 0 Å². The molecule has 0 aliphatic rings. The van der Waals surface area contributed by atoms with E-state index in [-0.39, 0.29) is 0 Å². The largest absolute Gasteiger partial charge is 0.381 e. The molecular weight excluding hydrogens is 242 g/mol. The number of nitrogens with one attached hydrogen (secondary N) is 1. The third-order valence-electron chi connectivity index (χ3n) is 3.70. The fourth-order valence-corrected chi connectivity index (χ4v) is 2.55. The number of anilines is 1. The van der Waals surface area contributed by atoms with Gasteiger partial charge in [-0.3, -0.25) is 0 Å². The van der Waals surface area contributed by atoms with Crippen molar-refractivity contribution >= 4 is 16.5 Å². The van der Waals surface area contributed by atoms with Crippen molar-refractivity contribution in [3.8, 4) is 0 Å². The molecule has 0 atom stereocenters. The van der Waals surface area contributed by atoms with Gasteiger partial charge in [-0.1, -0.05) is 61.5 Å². The molecule has 3 rings (SSSR count). The topological polar surface area (TPSA) is 12.0 Å². The Morgan fingerprint density at radius 3 is 2.40 bits per heavy atom. The van der Waals surface area contributed by atoms with E-state index in [1.807, 2.05) is 0 Å². The standard InChI is InChI=1S/C19H19N/c1-2-16-7-5-6-10-19(16)20-14-15-11-12-17-8-3-4-9-18(17)13-15/h3-13,20H,2,14H2,1H3. The Bertz CT molecular complexity index is 716. The van der Waals surface area contributed by atoms with Crippen LogP contribution in [0.1, 0.15) is 18.1 Å². The van der Waals surface area contributed by atoms with Crippen LogP contribution >= 0.6 is 0 Å². The Hall–Kier alpha value is -2.28. The molecule has 3 aromatic rings. The summed E-state index contributed by atoms with van der Waals surface area (Å²) >= 11 is 0. The first-order valence-corrected chi connectivity index (χ1v) is 7.16. The van der Waals surface area contributed by atoms with Crippen LogP contribution in [0.3, 0.4) is 0 Å². The van der Waals surface area contributed by atoms with E-state index < -0.39 is 0 Å². The smallest absolute Gasteiger partial charge is 0.0401 e. The van der Waals surface area contributed by atoms with Crippen molar-refractivity contribution in [3.63, 3.8) is 0 Å². The molecule has 0 bridgehead atoms. The zero-order valence-corrected chi connectivity index (χ0v) is 11.8. The van der Waals surface area contributed by atoms with Gasteiger partial charge in [0.25, 0.3) is 0 Å². The number of aryl methyl sites for hydroxylation is 1. The highest BCUT2D eigenvalue weighted by molar-refractivity contribution is 5.83. The highest BCUT2D eigenvalue weighted by Gasteiger charge is 2.00. The lowest BCUT2D eigenvalue weighted by Crippen LogP contribution is -2.01. The monoisotopic (exact) mass is 261 g/mol. The van der Waals surface area contributed by atoms with Crippen LogP contribution in [0.5, 0.6) is 0 Å². The average molecular weight is 261 g/mol. The van der Waals surface area contributed by atoms with Crippen LogP contribution in [0.25, 0.3) is 10.8 Å². The van der Waals surface area contributed by atoms with E-state index in [2.05, 4.69) is 79.0 Å². The SMILES string of the molecule is CCc1ccccc1NCc1ccc2ccccc2c1. The normalized spacial score (nSPS) is 10.7. The van der Waals surface area contributed by atoms with Gasteiger partial charge >= 0.3 is 0 Å². The Morgan fingerprint density at radius 2 is 1.55 bits per heavy atom. The van der Waals surface area contributed by atoms with Gasteiger partial charge in [-0.15, -0.1) is 0 Å². The van der Waals surface area contributed by atoms with Crippen molar-refractivity contribution in [1.82, 2.24) is 0 Å². The second-order valence-electron chi connectivity index (χ2n) is 5.05. The van der Waals surface area contributed by atoms with Crippen LogP contribution in [0.15, 0.2) is 66.7 Å². The number of para-hydroxylation sites is 1. The predicted molar refractivity (Wildman–Crippen MR) is 87.1 cm³/mol. The van der Waals surface area contributed by atoms with Gasteiger partial charge in [-0.2, -0.15) is 0 Å². The first-order chi connectivity index (χ1) is 9.86. The average Bonchev–Trinajstić information content (AvgIpc) is 2.53. The molecule has 20 heavy (non-hydrogen) atoms. The maximum absolute atomic E-state index is 3.55. The number of hydrogen-bond donors (Lipinski definition) is 1. The molecule has 100 valence electrons. The van der Waals surface area contributed by atoms with Gasteiger partial charge in [0.05, 0.1) is 0 Å². The molecule has 0 aliphatic heterocycles. The lowest BCUT2D eigenvalue weighted by atomic mass is 10.1. The molecule has 0 radical (unpaired) electrons. The van der Waals surface area contributed by atoms with Gasteiger partial charge in [-0.25, -0.2) is 0 Å². The summed E-state index contributed by atoms with van der Waals surface area (Å²) in [5.74, 6) is 0. The number of hydrogen-bond acceptors (Lipinski definition) is 1. The van der Waals surface area contributed by atoms with Crippen LogP contribution in [0.2, 0.25) is 0 Å². The van der Waals surface area contributed by atoms with Crippen LogP contribution < -0.4 is 5.32 Å². The number of rotatable bonds is 4. The summed E-state index contributed by atoms with van der Waals surface area (Å²) < 4.78 is 0. The second kappa shape index (κ2) is 5.79. The summed E-state index contributed by atoms with van der Waals surface area (Å²) in [4.78, 5) is 0. The number of benzene rings is 3. The van der Waals surface area contributed by atoms with E-state index >= 15 is 0 Å². The Labute approximate surface area is 120 Å². The van der Waals surface area contributed by atoms with Crippen molar-refractivity contribution in [2.45, 2.75) is 19.9 Å². The predicted octanol–water partition coefficient (Wildman–Crippen LogP) is 5.01. The molecule has 0 saturated heterocycles. The molecular formula is C19H19N. The Kier molecular flexibility index (Phi) is 3.69. The van der Waals surface area contributed by atoms with Crippen molar-refractivity contribution in [3.05, 3.63) is 77.9 Å². The van der Waals surface area contributed by atoms with Crippen LogP contribution in [-0.4, -0.2) is 0 Å². The highest BCUT2D eigenvalue weighted by atomic mass is 14.9. The molecule has 0 aromatic heterocycles. The lowest BCUT2D eigenvalue weighted by Gasteiger charge is -2.11. The molecule has 0 aliphatic carbocycles. The van der Waals surface area contributed by atoms with Crippen LogP contribution in [-0.2, 0) is 13.0 Å². The van der Waals surface area contributed by atoms with Gasteiger partial charge < -0.3 is 5.32 Å². The molecule has 0 fully saturated rings. The minimum Gasteiger partial charge on any atom is -0.381 e. The zero-order valence-electron chi connectivity index (χ0n) is 11.8. The fourth-order valence-electron chi connectivity index (χ4n) is 2.55. The molecule has 0 saturated carbocycles. The summed E-state index contributed by atoms with van der Waals surface area (Å²) in [6.45, 7) is 3.05. The second-order valence-corrected chi connectivity index (χ2v) is 5.05. The first-order valence-electron chi connectivity index (χ1n) is 7.16. The first kappa shape index (κ1) is 12.7.